The Morgan fingerprint density at radius 1 is 1.07 bits per heavy atom. The lowest BCUT2D eigenvalue weighted by Crippen LogP contribution is -2.21. The number of halogens is 3. The van der Waals surface area contributed by atoms with Crippen LogP contribution in [0.1, 0.15) is 21.6 Å². The van der Waals surface area contributed by atoms with Gasteiger partial charge in [0.1, 0.15) is 5.75 Å². The lowest BCUT2D eigenvalue weighted by atomic mass is 10.1. The van der Waals surface area contributed by atoms with Crippen LogP contribution in [-0.2, 0) is 15.7 Å². The van der Waals surface area contributed by atoms with Gasteiger partial charge in [0.15, 0.2) is 6.61 Å². The molecule has 1 heterocycles. The summed E-state index contributed by atoms with van der Waals surface area (Å²) < 4.78 is 47.9. The number of aromatic nitrogens is 1. The monoisotopic (exact) mass is 418 g/mol. The number of hydrogen-bond acceptors (Lipinski definition) is 5. The standard InChI is InChI=1S/C21H17F3N2O4/c1-12-17(9-13-3-8-16(29-2)10-18(13)25-12)20(28)30-11-19(27)26-15-6-4-14(5-7-15)21(22,23)24/h3-10H,11H2,1-2H3,(H,26,27). The van der Waals surface area contributed by atoms with E-state index in [2.05, 4.69) is 10.3 Å². The van der Waals surface area contributed by atoms with Crippen LogP contribution in [0.4, 0.5) is 18.9 Å². The SMILES string of the molecule is COc1ccc2cc(C(=O)OCC(=O)Nc3ccc(C(F)(F)F)cc3)c(C)nc2c1. The highest BCUT2D eigenvalue weighted by Gasteiger charge is 2.30. The van der Waals surface area contributed by atoms with Crippen LogP contribution in [0.3, 0.4) is 0 Å². The summed E-state index contributed by atoms with van der Waals surface area (Å²) in [6.07, 6.45) is -4.46. The first-order valence-corrected chi connectivity index (χ1v) is 8.77. The van der Waals surface area contributed by atoms with E-state index >= 15 is 0 Å². The Morgan fingerprint density at radius 2 is 1.77 bits per heavy atom. The molecule has 0 spiro atoms. The number of aryl methyl sites for hydroxylation is 1. The Kier molecular flexibility index (Phi) is 5.91. The molecule has 0 bridgehead atoms. The van der Waals surface area contributed by atoms with Gasteiger partial charge in [0.05, 0.1) is 29.4 Å². The second kappa shape index (κ2) is 8.40. The van der Waals surface area contributed by atoms with Crippen molar-refractivity contribution in [1.82, 2.24) is 4.98 Å². The molecular weight excluding hydrogens is 401 g/mol. The highest BCUT2D eigenvalue weighted by Crippen LogP contribution is 2.29. The molecule has 3 aromatic rings. The number of carbonyl (C=O) groups excluding carboxylic acids is 2. The van der Waals surface area contributed by atoms with Crippen LogP contribution in [0.2, 0.25) is 0 Å². The van der Waals surface area contributed by atoms with E-state index in [1.807, 2.05) is 0 Å². The zero-order valence-electron chi connectivity index (χ0n) is 16.0. The van der Waals surface area contributed by atoms with Crippen LogP contribution >= 0.6 is 0 Å². The Bertz CT molecular complexity index is 1100. The average Bonchev–Trinajstić information content (AvgIpc) is 2.70. The maximum Gasteiger partial charge on any atom is 0.416 e. The number of ether oxygens (including phenoxy) is 2. The van der Waals surface area contributed by atoms with Gasteiger partial charge in [-0.3, -0.25) is 9.78 Å². The molecule has 0 saturated carbocycles. The number of esters is 1. The zero-order chi connectivity index (χ0) is 21.9. The average molecular weight is 418 g/mol. The second-order valence-corrected chi connectivity index (χ2v) is 6.38. The number of methoxy groups -OCH3 is 1. The largest absolute Gasteiger partial charge is 0.497 e. The Labute approximate surface area is 169 Å². The summed E-state index contributed by atoms with van der Waals surface area (Å²) in [7, 11) is 1.54. The van der Waals surface area contributed by atoms with Crippen molar-refractivity contribution in [2.45, 2.75) is 13.1 Å². The summed E-state index contributed by atoms with van der Waals surface area (Å²) in [6, 6.07) is 10.7. The van der Waals surface area contributed by atoms with Gasteiger partial charge in [-0.15, -0.1) is 0 Å². The molecule has 0 radical (unpaired) electrons. The van der Waals surface area contributed by atoms with Gasteiger partial charge in [0.2, 0.25) is 0 Å². The first-order valence-electron chi connectivity index (χ1n) is 8.77. The van der Waals surface area contributed by atoms with Crippen molar-refractivity contribution in [3.63, 3.8) is 0 Å². The van der Waals surface area contributed by atoms with Crippen molar-refractivity contribution < 1.29 is 32.2 Å². The Hall–Kier alpha value is -3.62. The minimum absolute atomic E-state index is 0.154. The number of benzene rings is 2. The summed E-state index contributed by atoms with van der Waals surface area (Å²) in [6.45, 7) is 1.04. The van der Waals surface area contributed by atoms with Crippen molar-refractivity contribution in [2.75, 3.05) is 19.0 Å². The summed E-state index contributed by atoms with van der Waals surface area (Å²) in [5.41, 5.74) is 0.590. The maximum atomic E-state index is 12.6. The highest BCUT2D eigenvalue weighted by atomic mass is 19.4. The number of alkyl halides is 3. The number of hydrogen-bond donors (Lipinski definition) is 1. The fraction of sp³-hybridized carbons (Fsp3) is 0.190. The third-order valence-corrected chi connectivity index (χ3v) is 4.27. The zero-order valence-corrected chi connectivity index (χ0v) is 16.0. The number of amides is 1. The summed E-state index contributed by atoms with van der Waals surface area (Å²) in [5, 5.41) is 3.07. The molecule has 0 fully saturated rings. The molecular formula is C21H17F3N2O4. The quantitative estimate of drug-likeness (QED) is 0.623. The van der Waals surface area contributed by atoms with E-state index in [0.717, 1.165) is 24.3 Å². The highest BCUT2D eigenvalue weighted by molar-refractivity contribution is 5.98. The molecule has 1 N–H and O–H groups in total. The minimum Gasteiger partial charge on any atom is -0.497 e. The molecule has 30 heavy (non-hydrogen) atoms. The molecule has 0 atom stereocenters. The van der Waals surface area contributed by atoms with Gasteiger partial charge in [-0.05, 0) is 49.4 Å². The third-order valence-electron chi connectivity index (χ3n) is 4.27. The number of nitrogens with zero attached hydrogens (tertiary/aromatic N) is 1. The van der Waals surface area contributed by atoms with Crippen molar-refractivity contribution >= 4 is 28.5 Å². The molecule has 156 valence electrons. The molecule has 1 aromatic heterocycles. The lowest BCUT2D eigenvalue weighted by Gasteiger charge is -2.10. The molecule has 0 unspecified atom stereocenters. The normalized spacial score (nSPS) is 11.2. The van der Waals surface area contributed by atoms with Gasteiger partial charge in [-0.25, -0.2) is 4.79 Å². The minimum atomic E-state index is -4.46. The third kappa shape index (κ3) is 4.86. The van der Waals surface area contributed by atoms with Gasteiger partial charge in [0, 0.05) is 17.1 Å². The van der Waals surface area contributed by atoms with Gasteiger partial charge < -0.3 is 14.8 Å². The molecule has 0 aliphatic carbocycles. The van der Waals surface area contributed by atoms with Crippen molar-refractivity contribution in [2.24, 2.45) is 0 Å². The molecule has 6 nitrogen and oxygen atoms in total. The molecule has 3 rings (SSSR count). The Morgan fingerprint density at radius 3 is 2.40 bits per heavy atom. The van der Waals surface area contributed by atoms with Crippen LogP contribution in [-0.4, -0.2) is 30.6 Å². The van der Waals surface area contributed by atoms with Crippen molar-refractivity contribution in [3.05, 3.63) is 65.4 Å². The fourth-order valence-electron chi connectivity index (χ4n) is 2.73. The first-order chi connectivity index (χ1) is 14.2. The van der Waals surface area contributed by atoms with Crippen LogP contribution in [0.25, 0.3) is 10.9 Å². The fourth-order valence-corrected chi connectivity index (χ4v) is 2.73. The number of rotatable bonds is 5. The second-order valence-electron chi connectivity index (χ2n) is 6.38. The van der Waals surface area contributed by atoms with Gasteiger partial charge >= 0.3 is 12.1 Å². The number of anilines is 1. The predicted octanol–water partition coefficient (Wildman–Crippen LogP) is 4.37. The van der Waals surface area contributed by atoms with E-state index in [-0.39, 0.29) is 11.3 Å². The Balaban J connectivity index is 1.63. The van der Waals surface area contributed by atoms with Gasteiger partial charge in [-0.1, -0.05) is 0 Å². The summed E-state index contributed by atoms with van der Waals surface area (Å²) >= 11 is 0. The smallest absolute Gasteiger partial charge is 0.416 e. The van der Waals surface area contributed by atoms with Crippen molar-refractivity contribution in [3.8, 4) is 5.75 Å². The van der Waals surface area contributed by atoms with Crippen LogP contribution < -0.4 is 10.1 Å². The number of fused-ring (bicyclic) bond motifs is 1. The van der Waals surface area contributed by atoms with E-state index in [4.69, 9.17) is 9.47 Å². The topological polar surface area (TPSA) is 77.5 Å². The number of nitrogens with one attached hydrogen (secondary N) is 1. The van der Waals surface area contributed by atoms with Crippen molar-refractivity contribution in [1.29, 1.82) is 0 Å². The first kappa shape index (κ1) is 21.1. The van der Waals surface area contributed by atoms with E-state index < -0.39 is 30.2 Å². The van der Waals surface area contributed by atoms with Gasteiger partial charge in [-0.2, -0.15) is 13.2 Å². The van der Waals surface area contributed by atoms with Gasteiger partial charge in [0.25, 0.3) is 5.91 Å². The molecule has 0 aliphatic rings. The van der Waals surface area contributed by atoms with E-state index in [1.54, 1.807) is 31.2 Å². The molecule has 9 heteroatoms. The lowest BCUT2D eigenvalue weighted by molar-refractivity contribution is -0.137. The molecule has 0 saturated heterocycles. The molecule has 2 aromatic carbocycles. The number of pyridine rings is 1. The van der Waals surface area contributed by atoms with Crippen LogP contribution in [0.5, 0.6) is 5.75 Å². The van der Waals surface area contributed by atoms with Crippen LogP contribution in [0, 0.1) is 6.92 Å². The molecule has 0 aliphatic heterocycles. The van der Waals surface area contributed by atoms with E-state index in [0.29, 0.717) is 22.3 Å². The molecule has 1 amide bonds. The summed E-state index contributed by atoms with van der Waals surface area (Å²) in [4.78, 5) is 28.7. The number of carbonyl (C=O) groups is 2. The van der Waals surface area contributed by atoms with E-state index in [1.165, 1.54) is 7.11 Å². The summed E-state index contributed by atoms with van der Waals surface area (Å²) in [5.74, 6) is -0.788. The van der Waals surface area contributed by atoms with Crippen LogP contribution in [0.15, 0.2) is 48.5 Å². The predicted molar refractivity (Wildman–Crippen MR) is 103 cm³/mol. The van der Waals surface area contributed by atoms with E-state index in [9.17, 15) is 22.8 Å². The maximum absolute atomic E-state index is 12.6.